The molecule has 2 heterocycles. The summed E-state index contributed by atoms with van der Waals surface area (Å²) in [6.45, 7) is 0.276. The molecule has 0 bridgehead atoms. The second-order valence-corrected chi connectivity index (χ2v) is 8.63. The predicted molar refractivity (Wildman–Crippen MR) is 113 cm³/mol. The molecule has 0 fully saturated rings. The number of carbonyl (C=O) groups is 1. The van der Waals surface area contributed by atoms with Crippen LogP contribution in [0.25, 0.3) is 5.69 Å². The number of thioether (sulfide) groups is 2. The van der Waals surface area contributed by atoms with Gasteiger partial charge in [0.25, 0.3) is 5.56 Å². The predicted octanol–water partition coefficient (Wildman–Crippen LogP) is 3.57. The largest absolute Gasteiger partial charge is 0.351 e. The molecule has 0 spiro atoms. The van der Waals surface area contributed by atoms with Crippen LogP contribution in [0.15, 0.2) is 63.4 Å². The van der Waals surface area contributed by atoms with E-state index in [2.05, 4.69) is 10.3 Å². The van der Waals surface area contributed by atoms with Crippen molar-refractivity contribution in [2.45, 2.75) is 23.0 Å². The molecule has 0 saturated heterocycles. The monoisotopic (exact) mass is 445 g/mol. The van der Waals surface area contributed by atoms with E-state index in [-0.39, 0.29) is 29.6 Å². The lowest BCUT2D eigenvalue weighted by molar-refractivity contribution is -0.118. The Labute approximate surface area is 179 Å². The number of aromatic nitrogens is 2. The summed E-state index contributed by atoms with van der Waals surface area (Å²) in [5.74, 6) is -0.127. The summed E-state index contributed by atoms with van der Waals surface area (Å²) in [5, 5.41) is 3.16. The second kappa shape index (κ2) is 9.01. The van der Waals surface area contributed by atoms with Crippen molar-refractivity contribution in [1.29, 1.82) is 0 Å². The minimum absolute atomic E-state index is 0.0563. The van der Waals surface area contributed by atoms with Crippen molar-refractivity contribution in [3.8, 4) is 5.69 Å². The molecule has 0 unspecified atom stereocenters. The Bertz CT molecular complexity index is 1130. The van der Waals surface area contributed by atoms with Gasteiger partial charge in [-0.05, 0) is 42.0 Å². The van der Waals surface area contributed by atoms with Crippen LogP contribution < -0.4 is 10.9 Å². The number of nitrogens with zero attached hydrogens (tertiary/aromatic N) is 2. The van der Waals surface area contributed by atoms with Crippen LogP contribution in [0.5, 0.6) is 0 Å². The molecular weight excluding hydrogens is 428 g/mol. The molecule has 0 atom stereocenters. The van der Waals surface area contributed by atoms with Gasteiger partial charge in [-0.15, -0.1) is 11.8 Å². The SMILES string of the molecule is O=C(CSc1nc2c(c(=O)n1-c1ccc(F)cc1)SCC2)NCc1ccc(F)cc1. The number of fused-ring (bicyclic) bond motifs is 1. The van der Waals surface area contributed by atoms with Crippen LogP contribution in [-0.2, 0) is 17.8 Å². The molecular formula is C21H17F2N3O2S2. The van der Waals surface area contributed by atoms with E-state index >= 15 is 0 Å². The first-order chi connectivity index (χ1) is 14.5. The van der Waals surface area contributed by atoms with Crippen LogP contribution in [0, 0.1) is 11.6 Å². The maximum absolute atomic E-state index is 13.3. The maximum atomic E-state index is 13.3. The molecule has 3 aromatic rings. The van der Waals surface area contributed by atoms with Crippen LogP contribution in [-0.4, -0.2) is 27.0 Å². The third-order valence-corrected chi connectivity index (χ3v) is 6.53. The minimum Gasteiger partial charge on any atom is -0.351 e. The summed E-state index contributed by atoms with van der Waals surface area (Å²) in [6, 6.07) is 11.5. The van der Waals surface area contributed by atoms with Gasteiger partial charge in [0.2, 0.25) is 5.91 Å². The first-order valence-electron chi connectivity index (χ1n) is 9.20. The smallest absolute Gasteiger partial charge is 0.272 e. The number of amides is 1. The normalized spacial score (nSPS) is 12.6. The summed E-state index contributed by atoms with van der Waals surface area (Å²) in [4.78, 5) is 30.5. The highest BCUT2D eigenvalue weighted by molar-refractivity contribution is 8.00. The zero-order chi connectivity index (χ0) is 21.1. The molecule has 1 N–H and O–H groups in total. The second-order valence-electron chi connectivity index (χ2n) is 6.58. The average Bonchev–Trinajstić information content (AvgIpc) is 3.22. The number of nitrogens with one attached hydrogen (secondary N) is 1. The number of hydrogen-bond donors (Lipinski definition) is 1. The minimum atomic E-state index is -0.398. The zero-order valence-corrected chi connectivity index (χ0v) is 17.4. The van der Waals surface area contributed by atoms with Gasteiger partial charge in [0, 0.05) is 18.7 Å². The summed E-state index contributed by atoms with van der Waals surface area (Å²) < 4.78 is 27.7. The van der Waals surface area contributed by atoms with Crippen LogP contribution >= 0.6 is 23.5 Å². The van der Waals surface area contributed by atoms with E-state index in [0.29, 0.717) is 22.2 Å². The third-order valence-electron chi connectivity index (χ3n) is 4.49. The first-order valence-corrected chi connectivity index (χ1v) is 11.2. The number of benzene rings is 2. The van der Waals surface area contributed by atoms with Gasteiger partial charge < -0.3 is 5.32 Å². The Hall–Kier alpha value is -2.65. The lowest BCUT2D eigenvalue weighted by Crippen LogP contribution is -2.27. The van der Waals surface area contributed by atoms with Gasteiger partial charge in [-0.2, -0.15) is 0 Å². The van der Waals surface area contributed by atoms with E-state index in [1.54, 1.807) is 12.1 Å². The Morgan fingerprint density at radius 3 is 2.47 bits per heavy atom. The number of hydrogen-bond acceptors (Lipinski definition) is 5. The van der Waals surface area contributed by atoms with Gasteiger partial charge in [0.05, 0.1) is 22.0 Å². The fourth-order valence-electron chi connectivity index (χ4n) is 2.99. The van der Waals surface area contributed by atoms with Crippen LogP contribution in [0.1, 0.15) is 11.3 Å². The average molecular weight is 446 g/mol. The fraction of sp³-hybridized carbons (Fsp3) is 0.190. The van der Waals surface area contributed by atoms with Gasteiger partial charge in [0.15, 0.2) is 5.16 Å². The van der Waals surface area contributed by atoms with Crippen molar-refractivity contribution in [2.24, 2.45) is 0 Å². The van der Waals surface area contributed by atoms with E-state index in [0.717, 1.165) is 28.8 Å². The molecule has 5 nitrogen and oxygen atoms in total. The molecule has 2 aromatic carbocycles. The van der Waals surface area contributed by atoms with E-state index in [9.17, 15) is 18.4 Å². The van der Waals surface area contributed by atoms with Gasteiger partial charge in [-0.3, -0.25) is 14.2 Å². The zero-order valence-electron chi connectivity index (χ0n) is 15.7. The summed E-state index contributed by atoms with van der Waals surface area (Å²) in [5.41, 5.74) is 1.81. The van der Waals surface area contributed by atoms with Gasteiger partial charge in [0.1, 0.15) is 11.6 Å². The molecule has 154 valence electrons. The van der Waals surface area contributed by atoms with Crippen molar-refractivity contribution >= 4 is 29.4 Å². The van der Waals surface area contributed by atoms with E-state index in [1.165, 1.54) is 52.7 Å². The Morgan fingerprint density at radius 1 is 1.10 bits per heavy atom. The number of aryl methyl sites for hydroxylation is 1. The highest BCUT2D eigenvalue weighted by atomic mass is 32.2. The maximum Gasteiger partial charge on any atom is 0.272 e. The summed E-state index contributed by atoms with van der Waals surface area (Å²) in [6.07, 6.45) is 0.698. The van der Waals surface area contributed by atoms with Crippen molar-refractivity contribution in [3.63, 3.8) is 0 Å². The molecule has 0 aliphatic carbocycles. The molecule has 0 radical (unpaired) electrons. The lowest BCUT2D eigenvalue weighted by atomic mass is 10.2. The fourth-order valence-corrected chi connectivity index (χ4v) is 4.87. The van der Waals surface area contributed by atoms with Crippen molar-refractivity contribution < 1.29 is 13.6 Å². The first kappa shape index (κ1) is 20.6. The molecule has 1 amide bonds. The standard InChI is InChI=1S/C21H17F2N3O2S2/c22-14-3-1-13(2-4-14)11-24-18(27)12-30-21-25-17-9-10-29-19(17)20(28)26(21)16-7-5-15(23)6-8-16/h1-8H,9-12H2,(H,24,27). The molecule has 30 heavy (non-hydrogen) atoms. The molecule has 0 saturated carbocycles. The lowest BCUT2D eigenvalue weighted by Gasteiger charge is -2.13. The van der Waals surface area contributed by atoms with Crippen molar-refractivity contribution in [2.75, 3.05) is 11.5 Å². The molecule has 4 rings (SSSR count). The van der Waals surface area contributed by atoms with Gasteiger partial charge >= 0.3 is 0 Å². The number of carbonyl (C=O) groups excluding carboxylic acids is 1. The Kier molecular flexibility index (Phi) is 6.19. The van der Waals surface area contributed by atoms with Crippen LogP contribution in [0.4, 0.5) is 8.78 Å². The van der Waals surface area contributed by atoms with E-state index in [1.807, 2.05) is 0 Å². The van der Waals surface area contributed by atoms with Crippen LogP contribution in [0.2, 0.25) is 0 Å². The van der Waals surface area contributed by atoms with E-state index in [4.69, 9.17) is 0 Å². The third kappa shape index (κ3) is 4.57. The number of rotatable bonds is 6. The number of halogens is 2. The molecule has 1 aromatic heterocycles. The summed E-state index contributed by atoms with van der Waals surface area (Å²) >= 11 is 2.61. The molecule has 1 aliphatic heterocycles. The van der Waals surface area contributed by atoms with Crippen molar-refractivity contribution in [1.82, 2.24) is 14.9 Å². The summed E-state index contributed by atoms with van der Waals surface area (Å²) in [7, 11) is 0. The van der Waals surface area contributed by atoms with Crippen molar-refractivity contribution in [3.05, 3.63) is 81.8 Å². The Morgan fingerprint density at radius 2 is 1.77 bits per heavy atom. The topological polar surface area (TPSA) is 64.0 Å². The quantitative estimate of drug-likeness (QED) is 0.464. The molecule has 1 aliphatic rings. The molecule has 9 heteroatoms. The van der Waals surface area contributed by atoms with Gasteiger partial charge in [-0.1, -0.05) is 23.9 Å². The Balaban J connectivity index is 1.52. The highest BCUT2D eigenvalue weighted by Gasteiger charge is 2.23. The van der Waals surface area contributed by atoms with E-state index < -0.39 is 5.82 Å². The van der Waals surface area contributed by atoms with Gasteiger partial charge in [-0.25, -0.2) is 13.8 Å². The highest BCUT2D eigenvalue weighted by Crippen LogP contribution is 2.30. The van der Waals surface area contributed by atoms with Crippen LogP contribution in [0.3, 0.4) is 0 Å².